The summed E-state index contributed by atoms with van der Waals surface area (Å²) in [5, 5.41) is 14.1. The van der Waals surface area contributed by atoms with Crippen LogP contribution in [0.25, 0.3) is 0 Å². The number of nitrogens with one attached hydrogen (secondary N) is 1. The van der Waals surface area contributed by atoms with Crippen molar-refractivity contribution in [2.45, 2.75) is 38.0 Å². The van der Waals surface area contributed by atoms with Crippen LogP contribution in [0.4, 0.5) is 0 Å². The molecule has 0 radical (unpaired) electrons. The van der Waals surface area contributed by atoms with Crippen molar-refractivity contribution in [1.82, 2.24) is 5.32 Å². The number of rotatable bonds is 10. The highest BCUT2D eigenvalue weighted by atomic mass is 35.5. The predicted molar refractivity (Wildman–Crippen MR) is 117 cm³/mol. The molecule has 168 valence electrons. The Balaban J connectivity index is 1.55. The van der Waals surface area contributed by atoms with E-state index in [1.54, 1.807) is 43.3 Å². The Bertz CT molecular complexity index is 861. The van der Waals surface area contributed by atoms with Crippen LogP contribution in [0, 0.1) is 0 Å². The Morgan fingerprint density at radius 2 is 1.94 bits per heavy atom. The number of halogens is 1. The molecule has 0 saturated carbocycles. The van der Waals surface area contributed by atoms with E-state index in [0.717, 1.165) is 0 Å². The molecular weight excluding hydrogens is 422 g/mol. The molecule has 2 aromatic rings. The van der Waals surface area contributed by atoms with Gasteiger partial charge in [0.25, 0.3) is 0 Å². The molecule has 2 N–H and O–H groups in total. The molecule has 0 amide bonds. The number of benzene rings is 2. The molecule has 2 aromatic carbocycles. The summed E-state index contributed by atoms with van der Waals surface area (Å²) in [7, 11) is 0. The summed E-state index contributed by atoms with van der Waals surface area (Å²) in [6.07, 6.45) is -0.425. The second kappa shape index (κ2) is 10.7. The summed E-state index contributed by atoms with van der Waals surface area (Å²) in [4.78, 5) is 12.8. The fourth-order valence-electron chi connectivity index (χ4n) is 3.32. The van der Waals surface area contributed by atoms with E-state index in [1.165, 1.54) is 0 Å². The van der Waals surface area contributed by atoms with E-state index in [0.29, 0.717) is 28.7 Å². The van der Waals surface area contributed by atoms with Crippen molar-refractivity contribution in [2.75, 3.05) is 26.4 Å². The van der Waals surface area contributed by atoms with Crippen molar-refractivity contribution in [3.8, 4) is 17.2 Å². The molecule has 0 aliphatic carbocycles. The highest BCUT2D eigenvalue weighted by molar-refractivity contribution is 6.30. The van der Waals surface area contributed by atoms with Gasteiger partial charge in [0.1, 0.15) is 25.1 Å². The van der Waals surface area contributed by atoms with E-state index < -0.39 is 17.7 Å². The first-order valence-corrected chi connectivity index (χ1v) is 10.7. The number of esters is 1. The fraction of sp³-hybridized carbons (Fsp3) is 0.435. The van der Waals surface area contributed by atoms with Crippen LogP contribution in [0.2, 0.25) is 5.02 Å². The molecule has 7 nitrogen and oxygen atoms in total. The van der Waals surface area contributed by atoms with Gasteiger partial charge in [-0.05, 0) is 50.2 Å². The van der Waals surface area contributed by atoms with Crippen LogP contribution in [0.5, 0.6) is 17.2 Å². The van der Waals surface area contributed by atoms with E-state index in [1.807, 2.05) is 19.1 Å². The molecule has 1 heterocycles. The van der Waals surface area contributed by atoms with Gasteiger partial charge in [-0.15, -0.1) is 0 Å². The second-order valence-electron chi connectivity index (χ2n) is 7.48. The molecule has 0 bridgehead atoms. The van der Waals surface area contributed by atoms with Gasteiger partial charge in [0.2, 0.25) is 5.60 Å². The molecular formula is C23H28ClNO6. The maximum Gasteiger partial charge on any atom is 0.354 e. The molecule has 0 saturated heterocycles. The third-order valence-electron chi connectivity index (χ3n) is 4.86. The zero-order chi connectivity index (χ0) is 22.3. The normalized spacial score (nSPS) is 19.4. The van der Waals surface area contributed by atoms with E-state index >= 15 is 0 Å². The zero-order valence-electron chi connectivity index (χ0n) is 17.7. The molecule has 1 aliphatic rings. The smallest absolute Gasteiger partial charge is 0.354 e. The van der Waals surface area contributed by atoms with Crippen LogP contribution >= 0.6 is 11.6 Å². The quantitative estimate of drug-likeness (QED) is 0.538. The molecule has 8 heteroatoms. The molecule has 31 heavy (non-hydrogen) atoms. The Labute approximate surface area is 187 Å². The number of aliphatic hydroxyl groups excluding tert-OH is 1. The number of aliphatic hydroxyl groups is 1. The lowest BCUT2D eigenvalue weighted by molar-refractivity contribution is -0.168. The van der Waals surface area contributed by atoms with Gasteiger partial charge >= 0.3 is 5.97 Å². The van der Waals surface area contributed by atoms with Gasteiger partial charge in [-0.1, -0.05) is 23.7 Å². The number of para-hydroxylation sites is 2. The van der Waals surface area contributed by atoms with Crippen molar-refractivity contribution >= 4 is 17.6 Å². The number of carbonyl (C=O) groups excluding carboxylic acids is 1. The number of ether oxygens (including phenoxy) is 4. The van der Waals surface area contributed by atoms with Gasteiger partial charge in [0, 0.05) is 24.0 Å². The van der Waals surface area contributed by atoms with E-state index in [4.69, 9.17) is 30.5 Å². The minimum atomic E-state index is -1.26. The number of hydrogen-bond donors (Lipinski definition) is 2. The maximum atomic E-state index is 12.8. The monoisotopic (exact) mass is 449 g/mol. The summed E-state index contributed by atoms with van der Waals surface area (Å²) in [5.74, 6) is 1.26. The lowest BCUT2D eigenvalue weighted by Gasteiger charge is -2.37. The SMILES string of the molecule is CCOC(=O)[C@@]1(C[C@@H](C)NC[C@H](O)COc2ccc(Cl)cc2)COc2ccccc2O1. The van der Waals surface area contributed by atoms with Gasteiger partial charge in [-0.3, -0.25) is 0 Å². The molecule has 0 fully saturated rings. The first-order chi connectivity index (χ1) is 14.9. The van der Waals surface area contributed by atoms with Gasteiger partial charge < -0.3 is 29.4 Å². The van der Waals surface area contributed by atoms with Crippen LogP contribution in [0.3, 0.4) is 0 Å². The fourth-order valence-corrected chi connectivity index (χ4v) is 3.45. The standard InChI is InChI=1S/C23H28ClNO6/c1-3-28-22(27)23(15-30-20-6-4-5-7-21(20)31-23)12-16(2)25-13-18(26)14-29-19-10-8-17(24)9-11-19/h4-11,16,18,25-26H,3,12-15H2,1-2H3/t16-,18+,23-/m1/s1. The first-order valence-electron chi connectivity index (χ1n) is 10.3. The molecule has 0 unspecified atom stereocenters. The van der Waals surface area contributed by atoms with Crippen LogP contribution in [0.15, 0.2) is 48.5 Å². The Kier molecular flexibility index (Phi) is 8.01. The third-order valence-corrected chi connectivity index (χ3v) is 5.11. The predicted octanol–water partition coefficient (Wildman–Crippen LogP) is 3.22. The average Bonchev–Trinajstić information content (AvgIpc) is 2.77. The lowest BCUT2D eigenvalue weighted by atomic mass is 9.94. The van der Waals surface area contributed by atoms with E-state index in [-0.39, 0.29) is 32.4 Å². The topological polar surface area (TPSA) is 86.3 Å². The largest absolute Gasteiger partial charge is 0.491 e. The average molecular weight is 450 g/mol. The zero-order valence-corrected chi connectivity index (χ0v) is 18.4. The van der Waals surface area contributed by atoms with Crippen LogP contribution in [-0.2, 0) is 9.53 Å². The van der Waals surface area contributed by atoms with Gasteiger partial charge in [0.15, 0.2) is 11.5 Å². The maximum absolute atomic E-state index is 12.8. The highest BCUT2D eigenvalue weighted by Gasteiger charge is 2.47. The highest BCUT2D eigenvalue weighted by Crippen LogP contribution is 2.37. The van der Waals surface area contributed by atoms with Crippen LogP contribution in [-0.4, -0.2) is 55.2 Å². The molecule has 3 atom stereocenters. The van der Waals surface area contributed by atoms with Crippen LogP contribution in [0.1, 0.15) is 20.3 Å². The van der Waals surface area contributed by atoms with Crippen LogP contribution < -0.4 is 19.5 Å². The van der Waals surface area contributed by atoms with Crippen molar-refractivity contribution in [3.63, 3.8) is 0 Å². The van der Waals surface area contributed by atoms with E-state index in [2.05, 4.69) is 5.32 Å². The Hall–Kier alpha value is -2.48. The molecule has 0 spiro atoms. The van der Waals surface area contributed by atoms with Crippen molar-refractivity contribution in [2.24, 2.45) is 0 Å². The number of hydrogen-bond acceptors (Lipinski definition) is 7. The van der Waals surface area contributed by atoms with Crippen molar-refractivity contribution in [3.05, 3.63) is 53.6 Å². The summed E-state index contributed by atoms with van der Waals surface area (Å²) in [6.45, 7) is 4.37. The van der Waals surface area contributed by atoms with Gasteiger partial charge in [-0.2, -0.15) is 0 Å². The molecule has 1 aliphatic heterocycles. The van der Waals surface area contributed by atoms with E-state index in [9.17, 15) is 9.90 Å². The summed E-state index contributed by atoms with van der Waals surface area (Å²) >= 11 is 5.85. The third kappa shape index (κ3) is 6.26. The van der Waals surface area contributed by atoms with Gasteiger partial charge in [-0.25, -0.2) is 4.79 Å². The summed E-state index contributed by atoms with van der Waals surface area (Å²) < 4.78 is 22.7. The summed E-state index contributed by atoms with van der Waals surface area (Å²) in [6, 6.07) is 14.0. The van der Waals surface area contributed by atoms with Crippen molar-refractivity contribution in [1.29, 1.82) is 0 Å². The minimum Gasteiger partial charge on any atom is -0.491 e. The second-order valence-corrected chi connectivity index (χ2v) is 7.92. The Morgan fingerprint density at radius 1 is 1.23 bits per heavy atom. The van der Waals surface area contributed by atoms with Gasteiger partial charge in [0.05, 0.1) is 6.61 Å². The lowest BCUT2D eigenvalue weighted by Crippen LogP contribution is -2.56. The molecule has 3 rings (SSSR count). The number of fused-ring (bicyclic) bond motifs is 1. The summed E-state index contributed by atoms with van der Waals surface area (Å²) in [5.41, 5.74) is -1.26. The van der Waals surface area contributed by atoms with Crippen molar-refractivity contribution < 1.29 is 28.8 Å². The first kappa shape index (κ1) is 23.2. The Morgan fingerprint density at radius 3 is 2.65 bits per heavy atom. The minimum absolute atomic E-state index is 0.0527. The molecule has 0 aromatic heterocycles. The number of carbonyl (C=O) groups is 1.